The molecule has 1 unspecified atom stereocenters. The molecule has 1 aliphatic rings. The number of hydrogen-bond acceptors (Lipinski definition) is 3. The normalized spacial score (nSPS) is 18.7. The first-order valence-electron chi connectivity index (χ1n) is 7.10. The maximum absolute atomic E-state index is 5.78. The monoisotopic (exact) mass is 263 g/mol. The summed E-state index contributed by atoms with van der Waals surface area (Å²) in [5.41, 5.74) is 8.58. The van der Waals surface area contributed by atoms with Crippen LogP contribution in [0, 0.1) is 5.92 Å². The third kappa shape index (κ3) is 2.77. The molecule has 0 radical (unpaired) electrons. The maximum Gasteiger partial charge on any atom is 0.122 e. The Hall–Kier alpha value is -1.06. The van der Waals surface area contributed by atoms with Crippen LogP contribution in [0.15, 0.2) is 18.2 Å². The summed E-state index contributed by atoms with van der Waals surface area (Å²) in [5.74, 6) is 1.50. The van der Waals surface area contributed by atoms with E-state index in [0.29, 0.717) is 5.92 Å². The zero-order chi connectivity index (χ0) is 13.9. The van der Waals surface area contributed by atoms with Crippen molar-refractivity contribution in [2.24, 2.45) is 11.7 Å². The molecule has 1 aromatic rings. The van der Waals surface area contributed by atoms with Crippen LogP contribution < -0.4 is 10.5 Å². The van der Waals surface area contributed by atoms with E-state index in [-0.39, 0.29) is 5.41 Å². The Labute approximate surface area is 116 Å². The molecule has 3 heteroatoms. The molecule has 19 heavy (non-hydrogen) atoms. The lowest BCUT2D eigenvalue weighted by molar-refractivity contribution is -0.0702. The highest BCUT2D eigenvalue weighted by molar-refractivity contribution is 5.41. The van der Waals surface area contributed by atoms with Gasteiger partial charge >= 0.3 is 0 Å². The predicted octanol–water partition coefficient (Wildman–Crippen LogP) is 2.51. The average molecular weight is 263 g/mol. The van der Waals surface area contributed by atoms with Crippen LogP contribution in [0.1, 0.15) is 31.4 Å². The lowest BCUT2D eigenvalue weighted by Gasteiger charge is -2.44. The van der Waals surface area contributed by atoms with Gasteiger partial charge in [-0.25, -0.2) is 0 Å². The highest BCUT2D eigenvalue weighted by Crippen LogP contribution is 2.39. The van der Waals surface area contributed by atoms with Crippen molar-refractivity contribution in [2.75, 3.05) is 26.9 Å². The largest absolute Gasteiger partial charge is 0.496 e. The van der Waals surface area contributed by atoms with Crippen molar-refractivity contribution in [1.29, 1.82) is 0 Å². The van der Waals surface area contributed by atoms with Crippen LogP contribution in [-0.2, 0) is 16.6 Å². The molecule has 3 nitrogen and oxygen atoms in total. The molecule has 2 N–H and O–H groups in total. The molecule has 0 amide bonds. The lowest BCUT2D eigenvalue weighted by atomic mass is 9.72. The van der Waals surface area contributed by atoms with Crippen molar-refractivity contribution in [3.8, 4) is 5.75 Å². The number of benzene rings is 1. The van der Waals surface area contributed by atoms with Crippen LogP contribution in [0.2, 0.25) is 0 Å². The summed E-state index contributed by atoms with van der Waals surface area (Å²) in [6, 6.07) is 6.55. The summed E-state index contributed by atoms with van der Waals surface area (Å²) in [6.07, 6.45) is 2.08. The minimum absolute atomic E-state index is 0.162. The average Bonchev–Trinajstić information content (AvgIpc) is 2.41. The first-order chi connectivity index (χ1) is 9.15. The van der Waals surface area contributed by atoms with Gasteiger partial charge in [0, 0.05) is 5.41 Å². The van der Waals surface area contributed by atoms with E-state index in [1.165, 1.54) is 11.1 Å². The second-order valence-electron chi connectivity index (χ2n) is 5.70. The molecule has 1 saturated heterocycles. The zero-order valence-corrected chi connectivity index (χ0v) is 12.2. The Bertz CT molecular complexity index is 427. The second kappa shape index (κ2) is 5.93. The summed E-state index contributed by atoms with van der Waals surface area (Å²) in [5, 5.41) is 0. The third-order valence-electron chi connectivity index (χ3n) is 4.17. The third-order valence-corrected chi connectivity index (χ3v) is 4.17. The smallest absolute Gasteiger partial charge is 0.122 e. The zero-order valence-electron chi connectivity index (χ0n) is 12.2. The van der Waals surface area contributed by atoms with E-state index < -0.39 is 0 Å². The van der Waals surface area contributed by atoms with Gasteiger partial charge in [-0.05, 0) is 42.5 Å². The molecule has 1 heterocycles. The van der Waals surface area contributed by atoms with Gasteiger partial charge < -0.3 is 15.2 Å². The van der Waals surface area contributed by atoms with Crippen molar-refractivity contribution >= 4 is 0 Å². The number of aryl methyl sites for hydroxylation is 1. The standard InChI is InChI=1S/C16H25NO2/c1-4-13-7-14(5-6-15(13)18-3)16(10-19-11-16)8-12(2)9-17/h5-7,12H,4,8-11,17H2,1-3H3. The number of methoxy groups -OCH3 is 1. The summed E-state index contributed by atoms with van der Waals surface area (Å²) >= 11 is 0. The first kappa shape index (κ1) is 14.4. The fraction of sp³-hybridized carbons (Fsp3) is 0.625. The minimum Gasteiger partial charge on any atom is -0.496 e. The van der Waals surface area contributed by atoms with E-state index in [1.54, 1.807) is 7.11 Å². The van der Waals surface area contributed by atoms with Crippen LogP contribution in [-0.4, -0.2) is 26.9 Å². The van der Waals surface area contributed by atoms with Crippen molar-refractivity contribution in [2.45, 2.75) is 32.1 Å². The molecule has 2 rings (SSSR count). The quantitative estimate of drug-likeness (QED) is 0.857. The fourth-order valence-electron chi connectivity index (χ4n) is 2.89. The summed E-state index contributed by atoms with van der Waals surface area (Å²) in [7, 11) is 1.73. The van der Waals surface area contributed by atoms with Crippen LogP contribution in [0.5, 0.6) is 5.75 Å². The topological polar surface area (TPSA) is 44.5 Å². The molecule has 0 saturated carbocycles. The van der Waals surface area contributed by atoms with Crippen LogP contribution in [0.25, 0.3) is 0 Å². The summed E-state index contributed by atoms with van der Waals surface area (Å²) < 4.78 is 10.9. The van der Waals surface area contributed by atoms with Gasteiger partial charge in [-0.2, -0.15) is 0 Å². The molecular weight excluding hydrogens is 238 g/mol. The van der Waals surface area contributed by atoms with E-state index in [1.807, 2.05) is 0 Å². The van der Waals surface area contributed by atoms with E-state index in [4.69, 9.17) is 15.2 Å². The van der Waals surface area contributed by atoms with Crippen molar-refractivity contribution in [3.05, 3.63) is 29.3 Å². The lowest BCUT2D eigenvalue weighted by Crippen LogP contribution is -2.48. The van der Waals surface area contributed by atoms with Gasteiger partial charge in [0.1, 0.15) is 5.75 Å². The molecule has 0 spiro atoms. The second-order valence-corrected chi connectivity index (χ2v) is 5.70. The van der Waals surface area contributed by atoms with Gasteiger partial charge in [0.15, 0.2) is 0 Å². The van der Waals surface area contributed by atoms with Gasteiger partial charge in [0.05, 0.1) is 20.3 Å². The van der Waals surface area contributed by atoms with Gasteiger partial charge in [-0.15, -0.1) is 0 Å². The van der Waals surface area contributed by atoms with E-state index in [0.717, 1.165) is 38.3 Å². The number of hydrogen-bond donors (Lipinski definition) is 1. The minimum atomic E-state index is 0.162. The van der Waals surface area contributed by atoms with Gasteiger partial charge in [-0.1, -0.05) is 26.0 Å². The Morgan fingerprint density at radius 2 is 2.16 bits per heavy atom. The van der Waals surface area contributed by atoms with Gasteiger partial charge in [0.25, 0.3) is 0 Å². The maximum atomic E-state index is 5.78. The van der Waals surface area contributed by atoms with Crippen molar-refractivity contribution < 1.29 is 9.47 Å². The Morgan fingerprint density at radius 1 is 1.42 bits per heavy atom. The molecule has 1 aliphatic heterocycles. The van der Waals surface area contributed by atoms with Crippen molar-refractivity contribution in [3.63, 3.8) is 0 Å². The van der Waals surface area contributed by atoms with Crippen LogP contribution >= 0.6 is 0 Å². The van der Waals surface area contributed by atoms with Gasteiger partial charge in [0.2, 0.25) is 0 Å². The SMILES string of the molecule is CCc1cc(C2(CC(C)CN)COC2)ccc1OC. The molecule has 1 aromatic carbocycles. The van der Waals surface area contributed by atoms with E-state index in [9.17, 15) is 0 Å². The highest BCUT2D eigenvalue weighted by atomic mass is 16.5. The molecule has 0 bridgehead atoms. The van der Waals surface area contributed by atoms with Crippen LogP contribution in [0.3, 0.4) is 0 Å². The number of nitrogens with two attached hydrogens (primary N) is 1. The van der Waals surface area contributed by atoms with Crippen molar-refractivity contribution in [1.82, 2.24) is 0 Å². The number of ether oxygens (including phenoxy) is 2. The Morgan fingerprint density at radius 3 is 2.63 bits per heavy atom. The van der Waals surface area contributed by atoms with Gasteiger partial charge in [-0.3, -0.25) is 0 Å². The molecule has 1 atom stereocenters. The molecule has 0 aliphatic carbocycles. The van der Waals surface area contributed by atoms with E-state index >= 15 is 0 Å². The number of rotatable bonds is 6. The predicted molar refractivity (Wildman–Crippen MR) is 77.7 cm³/mol. The van der Waals surface area contributed by atoms with Crippen LogP contribution in [0.4, 0.5) is 0 Å². The molecule has 106 valence electrons. The Kier molecular flexibility index (Phi) is 4.48. The first-order valence-corrected chi connectivity index (χ1v) is 7.10. The summed E-state index contributed by atoms with van der Waals surface area (Å²) in [4.78, 5) is 0. The fourth-order valence-corrected chi connectivity index (χ4v) is 2.89. The van der Waals surface area contributed by atoms with E-state index in [2.05, 4.69) is 32.0 Å². The molecule has 0 aromatic heterocycles. The Balaban J connectivity index is 2.28. The molecule has 1 fully saturated rings. The highest BCUT2D eigenvalue weighted by Gasteiger charge is 2.41. The molecular formula is C16H25NO2. The summed E-state index contributed by atoms with van der Waals surface area (Å²) in [6.45, 7) is 6.73.